The van der Waals surface area contributed by atoms with Crippen LogP contribution in [0.4, 0.5) is 11.4 Å². The van der Waals surface area contributed by atoms with Crippen molar-refractivity contribution in [3.05, 3.63) is 53.1 Å². The first-order valence-electron chi connectivity index (χ1n) is 8.79. The van der Waals surface area contributed by atoms with Gasteiger partial charge in [0.1, 0.15) is 5.75 Å². The summed E-state index contributed by atoms with van der Waals surface area (Å²) in [6, 6.07) is 13.3. The van der Waals surface area contributed by atoms with Gasteiger partial charge in [-0.1, -0.05) is 30.7 Å². The fourth-order valence-corrected chi connectivity index (χ4v) is 3.02. The number of halogens is 1. The topological polar surface area (TPSA) is 50.8 Å². The molecule has 1 amide bonds. The van der Waals surface area contributed by atoms with E-state index in [1.165, 1.54) is 5.56 Å². The van der Waals surface area contributed by atoms with Crippen molar-refractivity contribution in [1.29, 1.82) is 0 Å². The number of carbonyl (C=O) groups is 1. The molecule has 5 nitrogen and oxygen atoms in total. The Morgan fingerprint density at radius 2 is 1.92 bits per heavy atom. The molecule has 0 radical (unpaired) electrons. The average Bonchev–Trinajstić information content (AvgIpc) is 2.67. The summed E-state index contributed by atoms with van der Waals surface area (Å²) in [6.07, 6.45) is 0.972. The van der Waals surface area contributed by atoms with Gasteiger partial charge in [-0.15, -0.1) is 0 Å². The molecule has 138 valence electrons. The average molecular weight is 375 g/mol. The van der Waals surface area contributed by atoms with Gasteiger partial charge in [0, 0.05) is 18.1 Å². The number of rotatable bonds is 6. The number of ether oxygens (including phenoxy) is 2. The molecule has 0 unspecified atom stereocenters. The molecule has 1 heterocycles. The number of amides is 1. The molecule has 0 aliphatic carbocycles. The SMILES string of the molecule is CCc1ccc(OCC(=O)Nc2cc(Cl)ccc2N2CCOCC2)cc1. The van der Waals surface area contributed by atoms with Crippen LogP contribution in [0.1, 0.15) is 12.5 Å². The van der Waals surface area contributed by atoms with Crippen molar-refractivity contribution in [1.82, 2.24) is 0 Å². The number of benzene rings is 2. The van der Waals surface area contributed by atoms with Gasteiger partial charge in [0.05, 0.1) is 24.6 Å². The molecule has 26 heavy (non-hydrogen) atoms. The molecule has 0 aromatic heterocycles. The van der Waals surface area contributed by atoms with Crippen LogP contribution in [0.3, 0.4) is 0 Å². The van der Waals surface area contributed by atoms with Crippen LogP contribution in [0.25, 0.3) is 0 Å². The third-order valence-electron chi connectivity index (χ3n) is 4.29. The number of nitrogens with zero attached hydrogens (tertiary/aromatic N) is 1. The summed E-state index contributed by atoms with van der Waals surface area (Å²) >= 11 is 6.11. The second-order valence-corrected chi connectivity index (χ2v) is 6.53. The molecule has 0 bridgehead atoms. The lowest BCUT2D eigenvalue weighted by Crippen LogP contribution is -2.37. The molecule has 1 aliphatic heterocycles. The minimum absolute atomic E-state index is 0.0550. The monoisotopic (exact) mass is 374 g/mol. The molecule has 2 aromatic rings. The Kier molecular flexibility index (Phi) is 6.36. The summed E-state index contributed by atoms with van der Waals surface area (Å²) in [5.41, 5.74) is 2.86. The highest BCUT2D eigenvalue weighted by Gasteiger charge is 2.16. The molecule has 2 aromatic carbocycles. The number of hydrogen-bond acceptors (Lipinski definition) is 4. The first-order chi connectivity index (χ1) is 12.7. The van der Waals surface area contributed by atoms with Crippen LogP contribution in [0.2, 0.25) is 5.02 Å². The zero-order valence-corrected chi connectivity index (χ0v) is 15.6. The summed E-state index contributed by atoms with van der Waals surface area (Å²) in [6.45, 7) is 4.95. The van der Waals surface area contributed by atoms with E-state index in [0.717, 1.165) is 25.2 Å². The normalized spacial score (nSPS) is 14.2. The van der Waals surface area contributed by atoms with Crippen molar-refractivity contribution in [3.8, 4) is 5.75 Å². The number of anilines is 2. The third kappa shape index (κ3) is 4.90. The van der Waals surface area contributed by atoms with Crippen LogP contribution in [0.15, 0.2) is 42.5 Å². The minimum Gasteiger partial charge on any atom is -0.484 e. The molecular formula is C20H23ClN2O3. The molecule has 0 atom stereocenters. The van der Waals surface area contributed by atoms with Gasteiger partial charge in [-0.3, -0.25) is 4.79 Å². The van der Waals surface area contributed by atoms with Crippen LogP contribution < -0.4 is 15.0 Å². The molecule has 0 spiro atoms. The van der Waals surface area contributed by atoms with Crippen LogP contribution >= 0.6 is 11.6 Å². The fourth-order valence-electron chi connectivity index (χ4n) is 2.84. The smallest absolute Gasteiger partial charge is 0.262 e. The van der Waals surface area contributed by atoms with Crippen LogP contribution in [-0.2, 0) is 16.0 Å². The van der Waals surface area contributed by atoms with Crippen molar-refractivity contribution in [2.45, 2.75) is 13.3 Å². The van der Waals surface area contributed by atoms with Gasteiger partial charge in [-0.2, -0.15) is 0 Å². The van der Waals surface area contributed by atoms with Gasteiger partial charge in [0.15, 0.2) is 6.61 Å². The van der Waals surface area contributed by atoms with Gasteiger partial charge in [0.2, 0.25) is 0 Å². The van der Waals surface area contributed by atoms with E-state index in [-0.39, 0.29) is 12.5 Å². The van der Waals surface area contributed by atoms with Gasteiger partial charge in [-0.05, 0) is 42.3 Å². The Bertz CT molecular complexity index is 743. The molecule has 1 N–H and O–H groups in total. The Morgan fingerprint density at radius 3 is 2.62 bits per heavy atom. The predicted molar refractivity (Wildman–Crippen MR) is 104 cm³/mol. The van der Waals surface area contributed by atoms with Crippen molar-refractivity contribution in [2.24, 2.45) is 0 Å². The van der Waals surface area contributed by atoms with E-state index >= 15 is 0 Å². The van der Waals surface area contributed by atoms with Crippen molar-refractivity contribution in [2.75, 3.05) is 43.1 Å². The maximum atomic E-state index is 12.3. The summed E-state index contributed by atoms with van der Waals surface area (Å²) in [5, 5.41) is 3.49. The van der Waals surface area contributed by atoms with E-state index < -0.39 is 0 Å². The highest BCUT2D eigenvalue weighted by molar-refractivity contribution is 6.31. The fraction of sp³-hybridized carbons (Fsp3) is 0.350. The van der Waals surface area contributed by atoms with Crippen LogP contribution in [0.5, 0.6) is 5.75 Å². The molecular weight excluding hydrogens is 352 g/mol. The van der Waals surface area contributed by atoms with Crippen molar-refractivity contribution >= 4 is 28.9 Å². The number of aryl methyl sites for hydroxylation is 1. The number of hydrogen-bond donors (Lipinski definition) is 1. The Labute approximate surface area is 158 Å². The van der Waals surface area contributed by atoms with Gasteiger partial charge >= 0.3 is 0 Å². The van der Waals surface area contributed by atoms with E-state index in [1.807, 2.05) is 36.4 Å². The molecule has 0 saturated carbocycles. The molecule has 1 fully saturated rings. The third-order valence-corrected chi connectivity index (χ3v) is 4.52. The lowest BCUT2D eigenvalue weighted by atomic mass is 10.2. The second kappa shape index (κ2) is 8.92. The van der Waals surface area contributed by atoms with Gasteiger partial charge < -0.3 is 19.7 Å². The number of carbonyl (C=O) groups excluding carboxylic acids is 1. The van der Waals surface area contributed by atoms with Gasteiger partial charge in [0.25, 0.3) is 5.91 Å². The number of morpholine rings is 1. The molecule has 3 rings (SSSR count). The minimum atomic E-state index is -0.221. The van der Waals surface area contributed by atoms with Crippen molar-refractivity contribution in [3.63, 3.8) is 0 Å². The van der Waals surface area contributed by atoms with E-state index in [4.69, 9.17) is 21.1 Å². The predicted octanol–water partition coefficient (Wildman–Crippen LogP) is 3.76. The van der Waals surface area contributed by atoms with Crippen LogP contribution in [0, 0.1) is 0 Å². The van der Waals surface area contributed by atoms with E-state index in [9.17, 15) is 4.79 Å². The first kappa shape index (κ1) is 18.5. The summed E-state index contributed by atoms with van der Waals surface area (Å²) in [5.74, 6) is 0.457. The maximum Gasteiger partial charge on any atom is 0.262 e. The standard InChI is InChI=1S/C20H23ClN2O3/c1-2-15-3-6-17(7-4-15)26-14-20(24)22-18-13-16(21)5-8-19(18)23-9-11-25-12-10-23/h3-8,13H,2,9-12,14H2,1H3,(H,22,24). The van der Waals surface area contributed by atoms with Crippen LogP contribution in [-0.4, -0.2) is 38.8 Å². The maximum absolute atomic E-state index is 12.3. The quantitative estimate of drug-likeness (QED) is 0.836. The lowest BCUT2D eigenvalue weighted by Gasteiger charge is -2.30. The van der Waals surface area contributed by atoms with Crippen molar-refractivity contribution < 1.29 is 14.3 Å². The highest BCUT2D eigenvalue weighted by Crippen LogP contribution is 2.29. The zero-order chi connectivity index (χ0) is 18.4. The zero-order valence-electron chi connectivity index (χ0n) is 14.8. The molecule has 1 saturated heterocycles. The van der Waals surface area contributed by atoms with Gasteiger partial charge in [-0.25, -0.2) is 0 Å². The van der Waals surface area contributed by atoms with E-state index in [2.05, 4.69) is 17.1 Å². The van der Waals surface area contributed by atoms with E-state index in [0.29, 0.717) is 29.7 Å². The highest BCUT2D eigenvalue weighted by atomic mass is 35.5. The Hall–Kier alpha value is -2.24. The molecule has 6 heteroatoms. The largest absolute Gasteiger partial charge is 0.484 e. The Balaban J connectivity index is 1.63. The summed E-state index contributed by atoms with van der Waals surface area (Å²) in [4.78, 5) is 14.5. The summed E-state index contributed by atoms with van der Waals surface area (Å²) in [7, 11) is 0. The van der Waals surface area contributed by atoms with E-state index in [1.54, 1.807) is 6.07 Å². The molecule has 1 aliphatic rings. The first-order valence-corrected chi connectivity index (χ1v) is 9.17. The Morgan fingerprint density at radius 1 is 1.19 bits per heavy atom. The second-order valence-electron chi connectivity index (χ2n) is 6.10. The summed E-state index contributed by atoms with van der Waals surface area (Å²) < 4.78 is 11.0. The number of nitrogens with one attached hydrogen (secondary N) is 1. The lowest BCUT2D eigenvalue weighted by molar-refractivity contribution is -0.118.